The lowest BCUT2D eigenvalue weighted by atomic mass is 10.0. The first-order chi connectivity index (χ1) is 6.95. The highest BCUT2D eigenvalue weighted by molar-refractivity contribution is 8.00. The Balaban J connectivity index is 2.42. The number of rotatable bonds is 1. The van der Waals surface area contributed by atoms with Gasteiger partial charge in [0.1, 0.15) is 0 Å². The van der Waals surface area contributed by atoms with Crippen LogP contribution in [-0.2, 0) is 10.8 Å². The van der Waals surface area contributed by atoms with Gasteiger partial charge in [0.15, 0.2) is 5.17 Å². The van der Waals surface area contributed by atoms with Gasteiger partial charge < -0.3 is 4.90 Å². The molecule has 2 aliphatic heterocycles. The first-order valence-electron chi connectivity index (χ1n) is 5.39. The zero-order chi connectivity index (χ0) is 11.2. The SMILES string of the molecule is CCC1=C(C)N=C2N(C1)C(C)(C)CS2=O. The Labute approximate surface area is 93.7 Å². The molecular weight excluding hydrogens is 208 g/mol. The zero-order valence-corrected chi connectivity index (χ0v) is 10.6. The Morgan fingerprint density at radius 3 is 2.80 bits per heavy atom. The van der Waals surface area contributed by atoms with Gasteiger partial charge in [-0.1, -0.05) is 6.92 Å². The first kappa shape index (κ1) is 10.9. The molecule has 0 saturated carbocycles. The maximum Gasteiger partial charge on any atom is 0.195 e. The summed E-state index contributed by atoms with van der Waals surface area (Å²) >= 11 is 0. The molecule has 2 rings (SSSR count). The van der Waals surface area contributed by atoms with Gasteiger partial charge in [-0.05, 0) is 32.8 Å². The van der Waals surface area contributed by atoms with Crippen LogP contribution < -0.4 is 0 Å². The minimum Gasteiger partial charge on any atom is -0.339 e. The number of aliphatic imine (C=N–C) groups is 1. The van der Waals surface area contributed by atoms with Crippen molar-refractivity contribution in [3.8, 4) is 0 Å². The van der Waals surface area contributed by atoms with Crippen molar-refractivity contribution in [2.45, 2.75) is 39.7 Å². The third-order valence-electron chi connectivity index (χ3n) is 3.20. The van der Waals surface area contributed by atoms with Crippen molar-refractivity contribution >= 4 is 16.0 Å². The predicted octanol–water partition coefficient (Wildman–Crippen LogP) is 1.88. The molecule has 15 heavy (non-hydrogen) atoms. The number of hydrogen-bond donors (Lipinski definition) is 0. The van der Waals surface area contributed by atoms with Crippen LogP contribution in [0.2, 0.25) is 0 Å². The van der Waals surface area contributed by atoms with Crippen LogP contribution >= 0.6 is 0 Å². The standard InChI is InChI=1S/C11H18N2OS/c1-5-9-6-13-10(12-8(9)2)15(14)7-11(13,3)4/h5-7H2,1-4H3. The third-order valence-corrected chi connectivity index (χ3v) is 4.89. The summed E-state index contributed by atoms with van der Waals surface area (Å²) in [6, 6.07) is 0. The van der Waals surface area contributed by atoms with Crippen LogP contribution in [0.4, 0.5) is 0 Å². The molecule has 0 radical (unpaired) electrons. The fraction of sp³-hybridized carbons (Fsp3) is 0.727. The van der Waals surface area contributed by atoms with Gasteiger partial charge in [0, 0.05) is 17.8 Å². The van der Waals surface area contributed by atoms with E-state index >= 15 is 0 Å². The van der Waals surface area contributed by atoms with Crippen LogP contribution in [0.15, 0.2) is 16.3 Å². The van der Waals surface area contributed by atoms with Crippen LogP contribution in [0, 0.1) is 0 Å². The van der Waals surface area contributed by atoms with Gasteiger partial charge in [0.25, 0.3) is 0 Å². The quantitative estimate of drug-likeness (QED) is 0.684. The summed E-state index contributed by atoms with van der Waals surface area (Å²) in [4.78, 5) is 6.70. The summed E-state index contributed by atoms with van der Waals surface area (Å²) in [6.07, 6.45) is 1.03. The van der Waals surface area contributed by atoms with E-state index in [4.69, 9.17) is 0 Å². The Hall–Kier alpha value is -0.640. The Kier molecular flexibility index (Phi) is 2.49. The summed E-state index contributed by atoms with van der Waals surface area (Å²) in [5.74, 6) is 0.704. The summed E-state index contributed by atoms with van der Waals surface area (Å²) < 4.78 is 11.9. The van der Waals surface area contributed by atoms with Gasteiger partial charge in [-0.15, -0.1) is 0 Å². The molecule has 0 bridgehead atoms. The van der Waals surface area contributed by atoms with Crippen LogP contribution in [0.1, 0.15) is 34.1 Å². The Bertz CT molecular complexity index is 382. The minimum atomic E-state index is -0.905. The van der Waals surface area contributed by atoms with Crippen LogP contribution in [-0.4, -0.2) is 32.1 Å². The van der Waals surface area contributed by atoms with E-state index in [-0.39, 0.29) is 5.54 Å². The van der Waals surface area contributed by atoms with Crippen molar-refractivity contribution < 1.29 is 4.21 Å². The summed E-state index contributed by atoms with van der Waals surface area (Å²) in [5.41, 5.74) is 2.42. The molecule has 0 spiro atoms. The summed E-state index contributed by atoms with van der Waals surface area (Å²) in [7, 11) is -0.905. The van der Waals surface area contributed by atoms with Crippen molar-refractivity contribution in [2.24, 2.45) is 4.99 Å². The highest BCUT2D eigenvalue weighted by Crippen LogP contribution is 2.31. The van der Waals surface area contributed by atoms with E-state index in [2.05, 4.69) is 30.7 Å². The summed E-state index contributed by atoms with van der Waals surface area (Å²) in [5, 5.41) is 0.787. The number of hydrogen-bond acceptors (Lipinski definition) is 3. The van der Waals surface area contributed by atoms with E-state index < -0.39 is 10.8 Å². The Morgan fingerprint density at radius 2 is 2.20 bits per heavy atom. The molecule has 1 atom stereocenters. The molecule has 2 aliphatic rings. The molecule has 84 valence electrons. The fourth-order valence-electron chi connectivity index (χ4n) is 2.13. The maximum absolute atomic E-state index is 11.9. The van der Waals surface area contributed by atoms with Crippen molar-refractivity contribution in [1.82, 2.24) is 4.90 Å². The molecule has 0 aliphatic carbocycles. The average molecular weight is 226 g/mol. The lowest BCUT2D eigenvalue weighted by Gasteiger charge is -2.35. The molecule has 0 N–H and O–H groups in total. The minimum absolute atomic E-state index is 0.00911. The van der Waals surface area contributed by atoms with Gasteiger partial charge in [0.05, 0.1) is 16.6 Å². The second-order valence-corrected chi connectivity index (χ2v) is 6.17. The third kappa shape index (κ3) is 1.65. The number of fused-ring (bicyclic) bond motifs is 1. The highest BCUT2D eigenvalue weighted by Gasteiger charge is 2.43. The van der Waals surface area contributed by atoms with Gasteiger partial charge in [-0.3, -0.25) is 4.21 Å². The molecule has 0 aromatic carbocycles. The normalized spacial score (nSPS) is 29.2. The van der Waals surface area contributed by atoms with E-state index in [0.29, 0.717) is 5.75 Å². The van der Waals surface area contributed by atoms with E-state index in [0.717, 1.165) is 23.8 Å². The lowest BCUT2D eigenvalue weighted by molar-refractivity contribution is 0.268. The largest absolute Gasteiger partial charge is 0.339 e. The van der Waals surface area contributed by atoms with Crippen molar-refractivity contribution in [3.63, 3.8) is 0 Å². The maximum atomic E-state index is 11.9. The van der Waals surface area contributed by atoms with E-state index in [1.165, 1.54) is 5.57 Å². The highest BCUT2D eigenvalue weighted by atomic mass is 32.2. The molecule has 0 amide bonds. The molecule has 1 saturated heterocycles. The van der Waals surface area contributed by atoms with Gasteiger partial charge >= 0.3 is 0 Å². The number of amidine groups is 1. The molecule has 1 fully saturated rings. The van der Waals surface area contributed by atoms with Crippen LogP contribution in [0.5, 0.6) is 0 Å². The van der Waals surface area contributed by atoms with Crippen molar-refractivity contribution in [2.75, 3.05) is 12.3 Å². The second kappa shape index (κ2) is 3.44. The van der Waals surface area contributed by atoms with Gasteiger partial charge in [-0.25, -0.2) is 4.99 Å². The topological polar surface area (TPSA) is 32.7 Å². The Morgan fingerprint density at radius 1 is 1.53 bits per heavy atom. The van der Waals surface area contributed by atoms with Gasteiger partial charge in [-0.2, -0.15) is 0 Å². The fourth-order valence-corrected chi connectivity index (χ4v) is 3.86. The molecule has 1 unspecified atom stereocenters. The molecular formula is C11H18N2OS. The van der Waals surface area contributed by atoms with E-state index in [1.54, 1.807) is 0 Å². The molecule has 2 heterocycles. The number of allylic oxidation sites excluding steroid dienone is 1. The lowest BCUT2D eigenvalue weighted by Crippen LogP contribution is -2.44. The molecule has 4 heteroatoms. The van der Waals surface area contributed by atoms with Crippen LogP contribution in [0.3, 0.4) is 0 Å². The molecule has 0 aromatic heterocycles. The van der Waals surface area contributed by atoms with Crippen molar-refractivity contribution in [3.05, 3.63) is 11.3 Å². The van der Waals surface area contributed by atoms with Crippen molar-refractivity contribution in [1.29, 1.82) is 0 Å². The van der Waals surface area contributed by atoms with Crippen LogP contribution in [0.25, 0.3) is 0 Å². The van der Waals surface area contributed by atoms with E-state index in [1.807, 2.05) is 6.92 Å². The average Bonchev–Trinajstić information content (AvgIpc) is 2.36. The second-order valence-electron chi connectivity index (χ2n) is 4.83. The number of nitrogens with zero attached hydrogens (tertiary/aromatic N) is 2. The molecule has 3 nitrogen and oxygen atoms in total. The summed E-state index contributed by atoms with van der Waals surface area (Å²) in [6.45, 7) is 9.35. The molecule has 0 aromatic rings. The smallest absolute Gasteiger partial charge is 0.195 e. The predicted molar refractivity (Wildman–Crippen MR) is 64.2 cm³/mol. The van der Waals surface area contributed by atoms with E-state index in [9.17, 15) is 4.21 Å². The zero-order valence-electron chi connectivity index (χ0n) is 9.83. The first-order valence-corrected chi connectivity index (χ1v) is 6.71. The van der Waals surface area contributed by atoms with Gasteiger partial charge in [0.2, 0.25) is 0 Å². The monoisotopic (exact) mass is 226 g/mol.